The lowest BCUT2D eigenvalue weighted by Crippen LogP contribution is -2.31. The van der Waals surface area contributed by atoms with Gasteiger partial charge < -0.3 is 20.1 Å². The Labute approximate surface area is 174 Å². The van der Waals surface area contributed by atoms with Crippen molar-refractivity contribution in [3.05, 3.63) is 47.5 Å². The lowest BCUT2D eigenvalue weighted by atomic mass is 10.1. The first-order valence-electron chi connectivity index (χ1n) is 10.4. The third-order valence-corrected chi connectivity index (χ3v) is 5.80. The molecule has 1 aromatic carbocycles. The quantitative estimate of drug-likeness (QED) is 0.713. The summed E-state index contributed by atoms with van der Waals surface area (Å²) in [5, 5.41) is 6.29. The van der Waals surface area contributed by atoms with Crippen LogP contribution in [-0.4, -0.2) is 48.8 Å². The highest BCUT2D eigenvalue weighted by Gasteiger charge is 2.33. The Morgan fingerprint density at radius 3 is 2.73 bits per heavy atom. The summed E-state index contributed by atoms with van der Waals surface area (Å²) in [6, 6.07) is 12.5. The molecule has 5 rings (SSSR count). The Bertz CT molecular complexity index is 954. The summed E-state index contributed by atoms with van der Waals surface area (Å²) in [6.45, 7) is 1.32. The summed E-state index contributed by atoms with van der Waals surface area (Å²) >= 11 is 0. The second-order valence-corrected chi connectivity index (χ2v) is 7.94. The van der Waals surface area contributed by atoms with Crippen molar-refractivity contribution in [1.82, 2.24) is 10.3 Å². The largest absolute Gasteiger partial charge is 0.480 e. The number of carbonyl (C=O) groups excluding carboxylic acids is 2. The molecule has 0 bridgehead atoms. The minimum absolute atomic E-state index is 0.0250. The molecular weight excluding hydrogens is 384 g/mol. The van der Waals surface area contributed by atoms with Gasteiger partial charge in [0.2, 0.25) is 0 Å². The Balaban J connectivity index is 1.10. The Morgan fingerprint density at radius 1 is 1.13 bits per heavy atom. The SMILES string of the molecule is O=C1COc2ccc(N3CC(CCCNC4Cc5ccccc5C4)OC3=O)nc2N1. The number of carbonyl (C=O) groups is 2. The highest BCUT2D eigenvalue weighted by Crippen LogP contribution is 2.30. The maximum Gasteiger partial charge on any atom is 0.415 e. The summed E-state index contributed by atoms with van der Waals surface area (Å²) in [6.07, 6.45) is 3.30. The smallest absolute Gasteiger partial charge is 0.415 e. The van der Waals surface area contributed by atoms with Crippen LogP contribution in [0, 0.1) is 0 Å². The molecule has 8 heteroatoms. The molecule has 2 N–H and O–H groups in total. The molecule has 0 saturated carbocycles. The molecule has 2 aliphatic heterocycles. The van der Waals surface area contributed by atoms with Crippen molar-refractivity contribution in [3.8, 4) is 5.75 Å². The molecule has 2 amide bonds. The highest BCUT2D eigenvalue weighted by atomic mass is 16.6. The summed E-state index contributed by atoms with van der Waals surface area (Å²) in [5.74, 6) is 1.03. The number of cyclic esters (lactones) is 1. The van der Waals surface area contributed by atoms with Gasteiger partial charge in [0.05, 0.1) is 6.54 Å². The van der Waals surface area contributed by atoms with Gasteiger partial charge in [-0.05, 0) is 55.5 Å². The van der Waals surface area contributed by atoms with Crippen molar-refractivity contribution >= 4 is 23.6 Å². The number of nitrogens with one attached hydrogen (secondary N) is 2. The standard InChI is InChI=1S/C22H24N4O4/c27-20-13-29-18-7-8-19(24-21(18)25-20)26-12-17(30-22(26)28)6-3-9-23-16-10-14-4-1-2-5-15(14)11-16/h1-2,4-5,7-8,16-17,23H,3,6,9-13H2,(H,24,25,27). The topological polar surface area (TPSA) is 92.8 Å². The number of fused-ring (bicyclic) bond motifs is 2. The summed E-state index contributed by atoms with van der Waals surface area (Å²) < 4.78 is 10.8. The molecule has 1 saturated heterocycles. The monoisotopic (exact) mass is 408 g/mol. The van der Waals surface area contributed by atoms with Crippen molar-refractivity contribution in [3.63, 3.8) is 0 Å². The van der Waals surface area contributed by atoms with Crippen LogP contribution in [0.2, 0.25) is 0 Å². The third-order valence-electron chi connectivity index (χ3n) is 5.80. The fraction of sp³-hybridized carbons (Fsp3) is 0.409. The maximum atomic E-state index is 12.3. The Morgan fingerprint density at radius 2 is 1.93 bits per heavy atom. The zero-order valence-electron chi connectivity index (χ0n) is 16.6. The number of hydrogen-bond donors (Lipinski definition) is 2. The van der Waals surface area contributed by atoms with E-state index in [0.717, 1.165) is 32.2 Å². The molecule has 3 aliphatic rings. The van der Waals surface area contributed by atoms with Gasteiger partial charge in [-0.3, -0.25) is 9.69 Å². The van der Waals surface area contributed by atoms with Gasteiger partial charge in [-0.15, -0.1) is 0 Å². The van der Waals surface area contributed by atoms with Gasteiger partial charge in [0.1, 0.15) is 11.9 Å². The van der Waals surface area contributed by atoms with Crippen LogP contribution < -0.4 is 20.3 Å². The molecule has 1 aromatic heterocycles. The van der Waals surface area contributed by atoms with Crippen molar-refractivity contribution in [2.45, 2.75) is 37.8 Å². The lowest BCUT2D eigenvalue weighted by molar-refractivity contribution is -0.118. The minimum Gasteiger partial charge on any atom is -0.480 e. The van der Waals surface area contributed by atoms with Gasteiger partial charge in [0, 0.05) is 6.04 Å². The summed E-state index contributed by atoms with van der Waals surface area (Å²) in [5.41, 5.74) is 2.88. The fourth-order valence-corrected chi connectivity index (χ4v) is 4.30. The predicted molar refractivity (Wildman–Crippen MR) is 111 cm³/mol. The predicted octanol–water partition coefficient (Wildman–Crippen LogP) is 2.27. The van der Waals surface area contributed by atoms with E-state index in [1.807, 2.05) is 0 Å². The van der Waals surface area contributed by atoms with Crippen LogP contribution >= 0.6 is 0 Å². The van der Waals surface area contributed by atoms with E-state index in [4.69, 9.17) is 9.47 Å². The van der Waals surface area contributed by atoms with Gasteiger partial charge in [-0.1, -0.05) is 24.3 Å². The van der Waals surface area contributed by atoms with Crippen LogP contribution in [-0.2, 0) is 22.4 Å². The molecule has 156 valence electrons. The third kappa shape index (κ3) is 3.82. The van der Waals surface area contributed by atoms with Crippen molar-refractivity contribution < 1.29 is 19.1 Å². The number of hydrogen-bond acceptors (Lipinski definition) is 6. The molecule has 1 unspecified atom stereocenters. The van der Waals surface area contributed by atoms with Crippen LogP contribution in [0.4, 0.5) is 16.4 Å². The van der Waals surface area contributed by atoms with Crippen molar-refractivity contribution in [2.24, 2.45) is 0 Å². The summed E-state index contributed by atoms with van der Waals surface area (Å²) in [7, 11) is 0. The first kappa shape index (κ1) is 18.9. The number of nitrogens with zero attached hydrogens (tertiary/aromatic N) is 2. The number of aromatic nitrogens is 1. The lowest BCUT2D eigenvalue weighted by Gasteiger charge is -2.19. The number of amides is 2. The van der Waals surface area contributed by atoms with Crippen LogP contribution in [0.25, 0.3) is 0 Å². The molecule has 1 fully saturated rings. The van der Waals surface area contributed by atoms with E-state index >= 15 is 0 Å². The molecular formula is C22H24N4O4. The fourth-order valence-electron chi connectivity index (χ4n) is 4.30. The highest BCUT2D eigenvalue weighted by molar-refractivity contribution is 5.95. The first-order valence-corrected chi connectivity index (χ1v) is 10.4. The number of ether oxygens (including phenoxy) is 2. The van der Waals surface area contributed by atoms with Gasteiger partial charge >= 0.3 is 6.09 Å². The van der Waals surface area contributed by atoms with E-state index in [9.17, 15) is 9.59 Å². The number of pyridine rings is 1. The number of benzene rings is 1. The number of anilines is 2. The summed E-state index contributed by atoms with van der Waals surface area (Å²) in [4.78, 5) is 29.7. The van der Waals surface area contributed by atoms with Crippen molar-refractivity contribution in [2.75, 3.05) is 29.9 Å². The van der Waals surface area contributed by atoms with Gasteiger partial charge in [0.15, 0.2) is 18.2 Å². The molecule has 2 aromatic rings. The Kier molecular flexibility index (Phi) is 5.00. The van der Waals surface area contributed by atoms with Crippen LogP contribution in [0.3, 0.4) is 0 Å². The van der Waals surface area contributed by atoms with Gasteiger partial charge in [-0.2, -0.15) is 0 Å². The normalized spacial score (nSPS) is 20.4. The Hall–Kier alpha value is -3.13. The zero-order chi connectivity index (χ0) is 20.5. The van der Waals surface area contributed by atoms with E-state index in [2.05, 4.69) is 39.9 Å². The number of rotatable bonds is 6. The van der Waals surface area contributed by atoms with Crippen LogP contribution in [0.15, 0.2) is 36.4 Å². The first-order chi connectivity index (χ1) is 14.7. The average Bonchev–Trinajstić information content (AvgIpc) is 3.33. The molecule has 8 nitrogen and oxygen atoms in total. The van der Waals surface area contributed by atoms with E-state index in [1.54, 1.807) is 12.1 Å². The van der Waals surface area contributed by atoms with E-state index in [-0.39, 0.29) is 18.6 Å². The van der Waals surface area contributed by atoms with Gasteiger partial charge in [-0.25, -0.2) is 9.78 Å². The van der Waals surface area contributed by atoms with Gasteiger partial charge in [0.25, 0.3) is 5.91 Å². The minimum atomic E-state index is -0.408. The molecule has 0 spiro atoms. The zero-order valence-corrected chi connectivity index (χ0v) is 16.6. The molecule has 30 heavy (non-hydrogen) atoms. The van der Waals surface area contributed by atoms with E-state index < -0.39 is 6.09 Å². The maximum absolute atomic E-state index is 12.3. The molecule has 1 aliphatic carbocycles. The molecule has 1 atom stereocenters. The van der Waals surface area contributed by atoms with E-state index in [1.165, 1.54) is 16.0 Å². The second kappa shape index (κ2) is 7.95. The van der Waals surface area contributed by atoms with Crippen LogP contribution in [0.1, 0.15) is 24.0 Å². The van der Waals surface area contributed by atoms with E-state index in [0.29, 0.717) is 30.0 Å². The van der Waals surface area contributed by atoms with Crippen molar-refractivity contribution in [1.29, 1.82) is 0 Å². The molecule has 0 radical (unpaired) electrons. The average molecular weight is 408 g/mol. The van der Waals surface area contributed by atoms with Crippen LogP contribution in [0.5, 0.6) is 5.75 Å². The second-order valence-electron chi connectivity index (χ2n) is 7.94. The molecule has 3 heterocycles.